The lowest BCUT2D eigenvalue weighted by molar-refractivity contribution is 0.0204. The van der Waals surface area contributed by atoms with E-state index in [1.54, 1.807) is 0 Å². The van der Waals surface area contributed by atoms with E-state index in [1.807, 2.05) is 0 Å². The smallest absolute Gasteiger partial charge is 0.0127 e. The molecule has 0 amide bonds. The molecular weight excluding hydrogens is 182 g/mol. The highest BCUT2D eigenvalue weighted by molar-refractivity contribution is 5.09. The van der Waals surface area contributed by atoms with Crippen LogP contribution in [0.3, 0.4) is 0 Å². The van der Waals surface area contributed by atoms with Gasteiger partial charge in [-0.3, -0.25) is 0 Å². The maximum Gasteiger partial charge on any atom is 0.0127 e. The van der Waals surface area contributed by atoms with Crippen LogP contribution in [0.15, 0.2) is 0 Å². The van der Waals surface area contributed by atoms with Crippen molar-refractivity contribution in [2.75, 3.05) is 0 Å². The molecule has 3 fully saturated rings. The molecule has 15 heavy (non-hydrogen) atoms. The third-order valence-corrected chi connectivity index (χ3v) is 5.44. The molecule has 1 spiro atoms. The lowest BCUT2D eigenvalue weighted by Crippen LogP contribution is -2.55. The summed E-state index contributed by atoms with van der Waals surface area (Å²) in [5.74, 6) is 0. The highest BCUT2D eigenvalue weighted by atomic mass is 15.1. The minimum absolute atomic E-state index is 0.603. The molecule has 2 atom stereocenters. The average Bonchev–Trinajstić information content (AvgIpc) is 2.83. The summed E-state index contributed by atoms with van der Waals surface area (Å²) in [6.07, 6.45) is 11.9. The van der Waals surface area contributed by atoms with Crippen molar-refractivity contribution in [3.8, 4) is 0 Å². The van der Waals surface area contributed by atoms with Gasteiger partial charge in [0.05, 0.1) is 0 Å². The van der Waals surface area contributed by atoms with Crippen molar-refractivity contribution in [3.05, 3.63) is 0 Å². The Balaban J connectivity index is 1.58. The van der Waals surface area contributed by atoms with E-state index in [4.69, 9.17) is 0 Å². The minimum atomic E-state index is 0.603. The lowest BCUT2D eigenvalue weighted by atomic mass is 9.57. The van der Waals surface area contributed by atoms with Gasteiger partial charge in [-0.05, 0) is 42.9 Å². The lowest BCUT2D eigenvalue weighted by Gasteiger charge is -2.53. The summed E-state index contributed by atoms with van der Waals surface area (Å²) in [4.78, 5) is 0. The fourth-order valence-electron chi connectivity index (χ4n) is 3.81. The van der Waals surface area contributed by atoms with Crippen molar-refractivity contribution >= 4 is 0 Å². The standard InChI is InChI=1S/C14H25N/c1-13(2)10-12(13)15-11-6-9-14(11)7-4-3-5-8-14/h11-12,15H,3-10H2,1-2H3. The second kappa shape index (κ2) is 3.23. The second-order valence-corrected chi connectivity index (χ2v) is 6.93. The Morgan fingerprint density at radius 3 is 2.07 bits per heavy atom. The Kier molecular flexibility index (Phi) is 2.18. The first kappa shape index (κ1) is 10.1. The van der Waals surface area contributed by atoms with Crippen molar-refractivity contribution in [3.63, 3.8) is 0 Å². The van der Waals surface area contributed by atoms with Crippen LogP contribution in [0, 0.1) is 10.8 Å². The normalized spacial score (nSPS) is 41.2. The zero-order valence-corrected chi connectivity index (χ0v) is 10.3. The quantitative estimate of drug-likeness (QED) is 0.731. The van der Waals surface area contributed by atoms with E-state index < -0.39 is 0 Å². The van der Waals surface area contributed by atoms with Gasteiger partial charge in [-0.1, -0.05) is 33.1 Å². The van der Waals surface area contributed by atoms with Crippen LogP contribution >= 0.6 is 0 Å². The van der Waals surface area contributed by atoms with E-state index in [0.29, 0.717) is 5.41 Å². The number of hydrogen-bond acceptors (Lipinski definition) is 1. The highest BCUT2D eigenvalue weighted by Gasteiger charge is 2.52. The van der Waals surface area contributed by atoms with Gasteiger partial charge in [0, 0.05) is 12.1 Å². The molecule has 0 bridgehead atoms. The molecule has 86 valence electrons. The number of rotatable bonds is 2. The Morgan fingerprint density at radius 1 is 0.933 bits per heavy atom. The molecule has 3 rings (SSSR count). The predicted molar refractivity (Wildman–Crippen MR) is 63.9 cm³/mol. The summed E-state index contributed by atoms with van der Waals surface area (Å²) in [6.45, 7) is 4.80. The largest absolute Gasteiger partial charge is 0.310 e. The van der Waals surface area contributed by atoms with Crippen LogP contribution in [0.5, 0.6) is 0 Å². The van der Waals surface area contributed by atoms with E-state index in [0.717, 1.165) is 17.5 Å². The summed E-state index contributed by atoms with van der Waals surface area (Å²) in [6, 6.07) is 1.71. The second-order valence-electron chi connectivity index (χ2n) is 6.93. The summed E-state index contributed by atoms with van der Waals surface area (Å²) in [5, 5.41) is 3.94. The van der Waals surface area contributed by atoms with Crippen LogP contribution in [0.1, 0.15) is 65.2 Å². The summed E-state index contributed by atoms with van der Waals surface area (Å²) < 4.78 is 0. The van der Waals surface area contributed by atoms with Crippen molar-refractivity contribution in [2.45, 2.75) is 77.3 Å². The van der Waals surface area contributed by atoms with Gasteiger partial charge in [0.2, 0.25) is 0 Å². The molecular formula is C14H25N. The third kappa shape index (κ3) is 1.63. The molecule has 0 aromatic carbocycles. The molecule has 0 aromatic rings. The van der Waals surface area contributed by atoms with Crippen LogP contribution < -0.4 is 5.32 Å². The summed E-state index contributed by atoms with van der Waals surface area (Å²) in [5.41, 5.74) is 1.35. The molecule has 1 heteroatoms. The molecule has 0 heterocycles. The van der Waals surface area contributed by atoms with Crippen LogP contribution in [-0.4, -0.2) is 12.1 Å². The van der Waals surface area contributed by atoms with Crippen molar-refractivity contribution < 1.29 is 0 Å². The van der Waals surface area contributed by atoms with Gasteiger partial charge in [0.25, 0.3) is 0 Å². The number of hydrogen-bond donors (Lipinski definition) is 1. The van der Waals surface area contributed by atoms with Gasteiger partial charge in [0.1, 0.15) is 0 Å². The molecule has 0 radical (unpaired) electrons. The summed E-state index contributed by atoms with van der Waals surface area (Å²) in [7, 11) is 0. The van der Waals surface area contributed by atoms with Gasteiger partial charge in [-0.15, -0.1) is 0 Å². The molecule has 1 nitrogen and oxygen atoms in total. The molecule has 3 saturated carbocycles. The van der Waals surface area contributed by atoms with E-state index in [-0.39, 0.29) is 0 Å². The molecule has 3 aliphatic rings. The zero-order chi connectivity index (χ0) is 10.5. The Labute approximate surface area is 94.0 Å². The first-order valence-corrected chi connectivity index (χ1v) is 6.89. The van der Waals surface area contributed by atoms with Gasteiger partial charge in [-0.2, -0.15) is 0 Å². The van der Waals surface area contributed by atoms with Crippen molar-refractivity contribution in [1.82, 2.24) is 5.32 Å². The molecule has 1 N–H and O–H groups in total. The fourth-order valence-corrected chi connectivity index (χ4v) is 3.81. The van der Waals surface area contributed by atoms with Gasteiger partial charge >= 0.3 is 0 Å². The van der Waals surface area contributed by atoms with Gasteiger partial charge < -0.3 is 5.32 Å². The average molecular weight is 207 g/mol. The molecule has 0 saturated heterocycles. The monoisotopic (exact) mass is 207 g/mol. The predicted octanol–water partition coefficient (Wildman–Crippen LogP) is 3.49. The van der Waals surface area contributed by atoms with Gasteiger partial charge in [0.15, 0.2) is 0 Å². The maximum absolute atomic E-state index is 3.94. The van der Waals surface area contributed by atoms with E-state index in [9.17, 15) is 0 Å². The Hall–Kier alpha value is -0.0400. The zero-order valence-electron chi connectivity index (χ0n) is 10.3. The molecule has 2 unspecified atom stereocenters. The first-order valence-electron chi connectivity index (χ1n) is 6.89. The van der Waals surface area contributed by atoms with Crippen molar-refractivity contribution in [1.29, 1.82) is 0 Å². The van der Waals surface area contributed by atoms with E-state index in [2.05, 4.69) is 19.2 Å². The molecule has 0 aliphatic heterocycles. The molecule has 3 aliphatic carbocycles. The topological polar surface area (TPSA) is 12.0 Å². The Bertz CT molecular complexity index is 250. The first-order chi connectivity index (χ1) is 7.12. The van der Waals surface area contributed by atoms with Crippen LogP contribution in [0.25, 0.3) is 0 Å². The highest BCUT2D eigenvalue weighted by Crippen LogP contribution is 2.54. The molecule has 0 aromatic heterocycles. The van der Waals surface area contributed by atoms with Crippen LogP contribution in [0.2, 0.25) is 0 Å². The fraction of sp³-hybridized carbons (Fsp3) is 1.00. The SMILES string of the molecule is CC1(C)CC1NC1CCC12CCCCC2. The Morgan fingerprint density at radius 2 is 1.60 bits per heavy atom. The van der Waals surface area contributed by atoms with Gasteiger partial charge in [-0.25, -0.2) is 0 Å². The van der Waals surface area contributed by atoms with Crippen molar-refractivity contribution in [2.24, 2.45) is 10.8 Å². The van der Waals surface area contributed by atoms with E-state index >= 15 is 0 Å². The van der Waals surface area contributed by atoms with E-state index in [1.165, 1.54) is 51.4 Å². The number of nitrogens with one attached hydrogen (secondary N) is 1. The van der Waals surface area contributed by atoms with Crippen LogP contribution in [-0.2, 0) is 0 Å². The minimum Gasteiger partial charge on any atom is -0.310 e. The third-order valence-electron chi connectivity index (χ3n) is 5.44. The summed E-state index contributed by atoms with van der Waals surface area (Å²) >= 11 is 0. The van der Waals surface area contributed by atoms with Crippen LogP contribution in [0.4, 0.5) is 0 Å². The maximum atomic E-state index is 3.94.